The van der Waals surface area contributed by atoms with Crippen LogP contribution in [0.15, 0.2) is 24.3 Å². The van der Waals surface area contributed by atoms with Crippen LogP contribution >= 0.6 is 0 Å². The van der Waals surface area contributed by atoms with Crippen molar-refractivity contribution in [1.29, 1.82) is 0 Å². The van der Waals surface area contributed by atoms with Gasteiger partial charge in [-0.15, -0.1) is 0 Å². The Kier molecular flexibility index (Phi) is 4.80. The molecule has 0 aliphatic carbocycles. The summed E-state index contributed by atoms with van der Waals surface area (Å²) in [6.45, 7) is 2.75. The molecule has 1 atom stereocenters. The van der Waals surface area contributed by atoms with Gasteiger partial charge in [0.15, 0.2) is 0 Å². The number of nitrogens with one attached hydrogen (secondary N) is 1. The zero-order valence-corrected chi connectivity index (χ0v) is 11.7. The smallest absolute Gasteiger partial charge is 0.227 e. The minimum absolute atomic E-state index is 0.215. The largest absolute Gasteiger partial charge is 0.497 e. The van der Waals surface area contributed by atoms with Gasteiger partial charge in [0.05, 0.1) is 13.5 Å². The molecule has 1 saturated heterocycles. The summed E-state index contributed by atoms with van der Waals surface area (Å²) in [4.78, 5) is 14.2. The Morgan fingerprint density at radius 2 is 2.37 bits per heavy atom. The van der Waals surface area contributed by atoms with E-state index >= 15 is 0 Å². The number of hydrogen-bond donors (Lipinski definition) is 1. The molecule has 1 aliphatic heterocycles. The van der Waals surface area contributed by atoms with Crippen LogP contribution in [-0.4, -0.2) is 44.6 Å². The zero-order valence-electron chi connectivity index (χ0n) is 11.7. The van der Waals surface area contributed by atoms with Crippen LogP contribution in [0.1, 0.15) is 12.0 Å². The van der Waals surface area contributed by atoms with Crippen molar-refractivity contribution in [3.8, 4) is 5.75 Å². The number of likely N-dealkylation sites (tertiary alicyclic amines) is 1. The molecule has 1 aliphatic rings. The fraction of sp³-hybridized carbons (Fsp3) is 0.533. The van der Waals surface area contributed by atoms with Gasteiger partial charge < -0.3 is 15.0 Å². The lowest BCUT2D eigenvalue weighted by Crippen LogP contribution is -2.31. The molecule has 1 heterocycles. The minimum Gasteiger partial charge on any atom is -0.497 e. The summed E-state index contributed by atoms with van der Waals surface area (Å²) < 4.78 is 5.18. The Balaban J connectivity index is 1.90. The highest BCUT2D eigenvalue weighted by Crippen LogP contribution is 2.18. The molecular formula is C15H22N2O2. The number of amides is 1. The molecular weight excluding hydrogens is 240 g/mol. The van der Waals surface area contributed by atoms with E-state index in [-0.39, 0.29) is 5.91 Å². The SMILES string of the molecule is CNCC1CCN(C(=O)Cc2cccc(OC)c2)C1. The third-order valence-corrected chi connectivity index (χ3v) is 3.62. The molecule has 1 aromatic rings. The lowest BCUT2D eigenvalue weighted by atomic mass is 10.1. The minimum atomic E-state index is 0.215. The second-order valence-electron chi connectivity index (χ2n) is 5.08. The van der Waals surface area contributed by atoms with E-state index in [9.17, 15) is 4.79 Å². The summed E-state index contributed by atoms with van der Waals surface area (Å²) >= 11 is 0. The maximum atomic E-state index is 12.2. The average molecular weight is 262 g/mol. The Morgan fingerprint density at radius 3 is 3.11 bits per heavy atom. The summed E-state index contributed by atoms with van der Waals surface area (Å²) in [7, 11) is 3.60. The number of carbonyl (C=O) groups excluding carboxylic acids is 1. The topological polar surface area (TPSA) is 41.6 Å². The first-order valence-corrected chi connectivity index (χ1v) is 6.78. The predicted octanol–water partition coefficient (Wildman–Crippen LogP) is 1.31. The van der Waals surface area contributed by atoms with E-state index in [1.54, 1.807) is 7.11 Å². The summed E-state index contributed by atoms with van der Waals surface area (Å²) in [6.07, 6.45) is 1.56. The molecule has 0 radical (unpaired) electrons. The molecule has 1 N–H and O–H groups in total. The molecule has 4 heteroatoms. The third-order valence-electron chi connectivity index (χ3n) is 3.62. The van der Waals surface area contributed by atoms with E-state index in [0.29, 0.717) is 12.3 Å². The van der Waals surface area contributed by atoms with Gasteiger partial charge in [-0.2, -0.15) is 0 Å². The summed E-state index contributed by atoms with van der Waals surface area (Å²) in [5.74, 6) is 1.62. The van der Waals surface area contributed by atoms with Crippen molar-refractivity contribution >= 4 is 5.91 Å². The first-order chi connectivity index (χ1) is 9.22. The molecule has 0 aromatic heterocycles. The normalized spacial score (nSPS) is 18.6. The van der Waals surface area contributed by atoms with Crippen molar-refractivity contribution in [2.75, 3.05) is 33.8 Å². The number of rotatable bonds is 5. The Bertz CT molecular complexity index is 434. The maximum absolute atomic E-state index is 12.2. The number of benzene rings is 1. The summed E-state index contributed by atoms with van der Waals surface area (Å²) in [5, 5.41) is 3.18. The van der Waals surface area contributed by atoms with Gasteiger partial charge in [0.25, 0.3) is 0 Å². The molecule has 1 aromatic carbocycles. The number of carbonyl (C=O) groups is 1. The van der Waals surface area contributed by atoms with Crippen molar-refractivity contribution in [1.82, 2.24) is 10.2 Å². The molecule has 4 nitrogen and oxygen atoms in total. The lowest BCUT2D eigenvalue weighted by molar-refractivity contribution is -0.129. The quantitative estimate of drug-likeness (QED) is 0.870. The molecule has 0 bridgehead atoms. The molecule has 2 rings (SSSR count). The maximum Gasteiger partial charge on any atom is 0.227 e. The van der Waals surface area contributed by atoms with Crippen LogP contribution in [0, 0.1) is 5.92 Å². The first kappa shape index (κ1) is 13.9. The van der Waals surface area contributed by atoms with Gasteiger partial charge in [0.2, 0.25) is 5.91 Å². The van der Waals surface area contributed by atoms with Crippen LogP contribution in [0.5, 0.6) is 5.75 Å². The van der Waals surface area contributed by atoms with Crippen LogP contribution in [-0.2, 0) is 11.2 Å². The van der Waals surface area contributed by atoms with Gasteiger partial charge in [-0.25, -0.2) is 0 Å². The van der Waals surface area contributed by atoms with Crippen LogP contribution in [0.3, 0.4) is 0 Å². The second kappa shape index (κ2) is 6.57. The van der Waals surface area contributed by atoms with Gasteiger partial charge in [0, 0.05) is 13.1 Å². The highest BCUT2D eigenvalue weighted by Gasteiger charge is 2.25. The Morgan fingerprint density at radius 1 is 1.53 bits per heavy atom. The summed E-state index contributed by atoms with van der Waals surface area (Å²) in [6, 6.07) is 7.72. The van der Waals surface area contributed by atoms with E-state index in [0.717, 1.165) is 37.4 Å². The fourth-order valence-electron chi connectivity index (χ4n) is 2.58. The van der Waals surface area contributed by atoms with Gasteiger partial charge in [-0.1, -0.05) is 12.1 Å². The lowest BCUT2D eigenvalue weighted by Gasteiger charge is -2.16. The summed E-state index contributed by atoms with van der Waals surface area (Å²) in [5.41, 5.74) is 1.02. The van der Waals surface area contributed by atoms with E-state index < -0.39 is 0 Å². The zero-order chi connectivity index (χ0) is 13.7. The number of ether oxygens (including phenoxy) is 1. The van der Waals surface area contributed by atoms with Gasteiger partial charge in [-0.3, -0.25) is 4.79 Å². The van der Waals surface area contributed by atoms with Crippen LogP contribution in [0.2, 0.25) is 0 Å². The van der Waals surface area contributed by atoms with Crippen LogP contribution < -0.4 is 10.1 Å². The van der Waals surface area contributed by atoms with Crippen molar-refractivity contribution in [2.24, 2.45) is 5.92 Å². The van der Waals surface area contributed by atoms with E-state index in [4.69, 9.17) is 4.74 Å². The van der Waals surface area contributed by atoms with E-state index in [1.165, 1.54) is 0 Å². The van der Waals surface area contributed by atoms with Crippen LogP contribution in [0.4, 0.5) is 0 Å². The van der Waals surface area contributed by atoms with E-state index in [1.807, 2.05) is 36.2 Å². The van der Waals surface area contributed by atoms with Gasteiger partial charge in [0.1, 0.15) is 5.75 Å². The molecule has 1 amide bonds. The van der Waals surface area contributed by atoms with E-state index in [2.05, 4.69) is 5.32 Å². The standard InChI is InChI=1S/C15H22N2O2/c1-16-10-13-6-7-17(11-13)15(18)9-12-4-3-5-14(8-12)19-2/h3-5,8,13,16H,6-7,9-11H2,1-2H3. The molecule has 0 saturated carbocycles. The fourth-order valence-corrected chi connectivity index (χ4v) is 2.58. The van der Waals surface area contributed by atoms with Gasteiger partial charge in [-0.05, 0) is 43.6 Å². The van der Waals surface area contributed by atoms with Crippen molar-refractivity contribution in [2.45, 2.75) is 12.8 Å². The third kappa shape index (κ3) is 3.70. The molecule has 104 valence electrons. The van der Waals surface area contributed by atoms with Crippen LogP contribution in [0.25, 0.3) is 0 Å². The molecule has 0 spiro atoms. The first-order valence-electron chi connectivity index (χ1n) is 6.78. The number of methoxy groups -OCH3 is 1. The number of hydrogen-bond acceptors (Lipinski definition) is 3. The molecule has 19 heavy (non-hydrogen) atoms. The second-order valence-corrected chi connectivity index (χ2v) is 5.08. The number of nitrogens with zero attached hydrogens (tertiary/aromatic N) is 1. The highest BCUT2D eigenvalue weighted by molar-refractivity contribution is 5.79. The highest BCUT2D eigenvalue weighted by atomic mass is 16.5. The average Bonchev–Trinajstić information content (AvgIpc) is 2.88. The Hall–Kier alpha value is -1.55. The monoisotopic (exact) mass is 262 g/mol. The Labute approximate surface area is 114 Å². The van der Waals surface area contributed by atoms with Crippen molar-refractivity contribution in [3.05, 3.63) is 29.8 Å². The molecule has 1 fully saturated rings. The van der Waals surface area contributed by atoms with Crippen molar-refractivity contribution < 1.29 is 9.53 Å². The molecule has 1 unspecified atom stereocenters. The van der Waals surface area contributed by atoms with Gasteiger partial charge >= 0.3 is 0 Å². The van der Waals surface area contributed by atoms with Crippen molar-refractivity contribution in [3.63, 3.8) is 0 Å². The predicted molar refractivity (Wildman–Crippen MR) is 75.3 cm³/mol.